The maximum absolute atomic E-state index is 9.81. The van der Waals surface area contributed by atoms with E-state index in [-0.39, 0.29) is 0 Å². The zero-order chi connectivity index (χ0) is 9.97. The van der Waals surface area contributed by atoms with E-state index in [0.29, 0.717) is 11.1 Å². The van der Waals surface area contributed by atoms with Crippen molar-refractivity contribution in [2.45, 2.75) is 12.5 Å². The Morgan fingerprint density at radius 2 is 2.50 bits per heavy atom. The second-order valence-corrected chi connectivity index (χ2v) is 3.63. The van der Waals surface area contributed by atoms with E-state index in [9.17, 15) is 5.11 Å². The quantitative estimate of drug-likeness (QED) is 0.884. The Hall–Kier alpha value is -1.07. The summed E-state index contributed by atoms with van der Waals surface area (Å²) in [7, 11) is 0. The second-order valence-electron chi connectivity index (χ2n) is 2.91. The first-order valence-electron chi connectivity index (χ1n) is 4.16. The Morgan fingerprint density at radius 1 is 1.64 bits per heavy atom. The van der Waals surface area contributed by atoms with Gasteiger partial charge in [-0.15, -0.1) is 0 Å². The smallest absolute Gasteiger partial charge is 0.174 e. The first-order chi connectivity index (χ1) is 6.77. The number of aliphatic hydroxyl groups is 1. The van der Waals surface area contributed by atoms with Gasteiger partial charge in [-0.05, 0) is 22.0 Å². The molecule has 4 nitrogen and oxygen atoms in total. The van der Waals surface area contributed by atoms with E-state index in [1.165, 1.54) is 6.26 Å². The Balaban J connectivity index is 2.10. The van der Waals surface area contributed by atoms with E-state index >= 15 is 0 Å². The highest BCUT2D eigenvalue weighted by Crippen LogP contribution is 2.26. The van der Waals surface area contributed by atoms with Crippen molar-refractivity contribution < 1.29 is 9.52 Å². The zero-order valence-electron chi connectivity index (χ0n) is 7.27. The lowest BCUT2D eigenvalue weighted by Crippen LogP contribution is -2.02. The van der Waals surface area contributed by atoms with Crippen LogP contribution in [0.3, 0.4) is 0 Å². The van der Waals surface area contributed by atoms with E-state index in [2.05, 4.69) is 25.9 Å². The Kier molecular flexibility index (Phi) is 2.69. The van der Waals surface area contributed by atoms with Crippen LogP contribution in [0.2, 0.25) is 0 Å². The predicted octanol–water partition coefficient (Wildman–Crippen LogP) is 2.04. The van der Waals surface area contributed by atoms with Crippen LogP contribution in [0.15, 0.2) is 33.8 Å². The van der Waals surface area contributed by atoms with Crippen molar-refractivity contribution in [3.05, 3.63) is 40.8 Å². The van der Waals surface area contributed by atoms with Gasteiger partial charge in [0, 0.05) is 24.4 Å². The van der Waals surface area contributed by atoms with Crippen molar-refractivity contribution in [2.75, 3.05) is 0 Å². The van der Waals surface area contributed by atoms with Crippen LogP contribution in [-0.2, 0) is 6.42 Å². The minimum Gasteiger partial charge on any atom is -0.457 e. The largest absolute Gasteiger partial charge is 0.457 e. The normalized spacial score (nSPS) is 13.0. The monoisotopic (exact) mass is 256 g/mol. The van der Waals surface area contributed by atoms with E-state index in [0.717, 1.165) is 11.4 Å². The highest BCUT2D eigenvalue weighted by atomic mass is 79.9. The zero-order valence-corrected chi connectivity index (χ0v) is 8.86. The van der Waals surface area contributed by atoms with Crippen LogP contribution in [0.1, 0.15) is 17.5 Å². The fourth-order valence-corrected chi connectivity index (χ4v) is 1.75. The summed E-state index contributed by atoms with van der Waals surface area (Å²) < 4.78 is 5.60. The number of aromatic nitrogens is 2. The third-order valence-electron chi connectivity index (χ3n) is 1.95. The fourth-order valence-electron chi connectivity index (χ4n) is 1.25. The number of H-pyrrole nitrogens is 1. The van der Waals surface area contributed by atoms with Gasteiger partial charge in [-0.1, -0.05) is 0 Å². The lowest BCUT2D eigenvalue weighted by molar-refractivity contribution is 0.174. The lowest BCUT2D eigenvalue weighted by atomic mass is 10.1. The van der Waals surface area contributed by atoms with Gasteiger partial charge in [-0.3, -0.25) is 0 Å². The average molecular weight is 257 g/mol. The van der Waals surface area contributed by atoms with Crippen LogP contribution in [0.25, 0.3) is 0 Å². The Morgan fingerprint density at radius 3 is 3.07 bits per heavy atom. The molecule has 0 bridgehead atoms. The molecule has 74 valence electrons. The standard InChI is InChI=1S/C9H9BrN2O2/c10-9-6(1-4-14-9)7(13)5-8-11-2-3-12-8/h1-4,7,13H,5H2,(H,11,12). The number of rotatable bonds is 3. The summed E-state index contributed by atoms with van der Waals surface area (Å²) in [5, 5.41) is 9.81. The van der Waals surface area contributed by atoms with Gasteiger partial charge in [0.15, 0.2) is 4.67 Å². The van der Waals surface area contributed by atoms with Gasteiger partial charge in [0.1, 0.15) is 5.82 Å². The molecule has 0 saturated heterocycles. The average Bonchev–Trinajstić information content (AvgIpc) is 2.75. The molecule has 0 aliphatic carbocycles. The third kappa shape index (κ3) is 1.88. The highest BCUT2D eigenvalue weighted by molar-refractivity contribution is 9.10. The van der Waals surface area contributed by atoms with Gasteiger partial charge in [-0.25, -0.2) is 4.98 Å². The molecular formula is C9H9BrN2O2. The molecule has 0 spiro atoms. The second kappa shape index (κ2) is 3.98. The molecule has 2 aromatic rings. The van der Waals surface area contributed by atoms with Crippen molar-refractivity contribution in [2.24, 2.45) is 0 Å². The molecule has 0 amide bonds. The van der Waals surface area contributed by atoms with Gasteiger partial charge < -0.3 is 14.5 Å². The molecule has 1 unspecified atom stereocenters. The first kappa shape index (κ1) is 9.48. The van der Waals surface area contributed by atoms with Crippen LogP contribution in [0.4, 0.5) is 0 Å². The number of hydrogen-bond donors (Lipinski definition) is 2. The summed E-state index contributed by atoms with van der Waals surface area (Å²) in [6, 6.07) is 1.73. The summed E-state index contributed by atoms with van der Waals surface area (Å²) in [6.07, 6.45) is 4.77. The molecule has 2 heterocycles. The van der Waals surface area contributed by atoms with Crippen molar-refractivity contribution in [3.63, 3.8) is 0 Å². The number of furan rings is 1. The van der Waals surface area contributed by atoms with E-state index in [4.69, 9.17) is 4.42 Å². The van der Waals surface area contributed by atoms with Crippen LogP contribution < -0.4 is 0 Å². The Labute approximate surface area is 89.1 Å². The summed E-state index contributed by atoms with van der Waals surface area (Å²) in [5.41, 5.74) is 0.737. The maximum atomic E-state index is 9.81. The molecule has 0 aliphatic rings. The number of halogens is 1. The topological polar surface area (TPSA) is 62.1 Å². The van der Waals surface area contributed by atoms with Crippen LogP contribution >= 0.6 is 15.9 Å². The van der Waals surface area contributed by atoms with Crippen LogP contribution in [-0.4, -0.2) is 15.1 Å². The van der Waals surface area contributed by atoms with Crippen molar-refractivity contribution in [3.8, 4) is 0 Å². The fraction of sp³-hybridized carbons (Fsp3) is 0.222. The summed E-state index contributed by atoms with van der Waals surface area (Å²) in [4.78, 5) is 6.97. The van der Waals surface area contributed by atoms with E-state index in [1.807, 2.05) is 0 Å². The van der Waals surface area contributed by atoms with Crippen molar-refractivity contribution in [1.82, 2.24) is 9.97 Å². The molecule has 0 fully saturated rings. The number of aliphatic hydroxyl groups excluding tert-OH is 1. The number of aromatic amines is 1. The Bertz CT molecular complexity index is 397. The molecule has 2 aromatic heterocycles. The van der Waals surface area contributed by atoms with Gasteiger partial charge in [0.2, 0.25) is 0 Å². The lowest BCUT2D eigenvalue weighted by Gasteiger charge is -2.06. The summed E-state index contributed by atoms with van der Waals surface area (Å²) in [6.45, 7) is 0. The van der Waals surface area contributed by atoms with Crippen molar-refractivity contribution >= 4 is 15.9 Å². The molecular weight excluding hydrogens is 248 g/mol. The number of imidazole rings is 1. The minimum atomic E-state index is -0.603. The number of nitrogens with zero attached hydrogens (tertiary/aromatic N) is 1. The summed E-state index contributed by atoms with van der Waals surface area (Å²) in [5.74, 6) is 0.755. The van der Waals surface area contributed by atoms with Gasteiger partial charge >= 0.3 is 0 Å². The van der Waals surface area contributed by atoms with Crippen molar-refractivity contribution in [1.29, 1.82) is 0 Å². The molecule has 2 rings (SSSR count). The molecule has 0 aromatic carbocycles. The van der Waals surface area contributed by atoms with E-state index < -0.39 is 6.10 Å². The third-order valence-corrected chi connectivity index (χ3v) is 2.59. The van der Waals surface area contributed by atoms with Crippen LogP contribution in [0.5, 0.6) is 0 Å². The highest BCUT2D eigenvalue weighted by Gasteiger charge is 2.15. The molecule has 5 heteroatoms. The predicted molar refractivity (Wildman–Crippen MR) is 53.7 cm³/mol. The van der Waals surface area contributed by atoms with Gasteiger partial charge in [0.25, 0.3) is 0 Å². The molecule has 2 N–H and O–H groups in total. The van der Waals surface area contributed by atoms with Gasteiger partial charge in [-0.2, -0.15) is 0 Å². The molecule has 1 atom stereocenters. The molecule has 0 saturated carbocycles. The number of hydrogen-bond acceptors (Lipinski definition) is 3. The van der Waals surface area contributed by atoms with Gasteiger partial charge in [0.05, 0.1) is 12.4 Å². The molecule has 0 radical (unpaired) electrons. The summed E-state index contributed by atoms with van der Waals surface area (Å²) >= 11 is 3.21. The molecule has 0 aliphatic heterocycles. The number of nitrogens with one attached hydrogen (secondary N) is 1. The minimum absolute atomic E-state index is 0.450. The SMILES string of the molecule is OC(Cc1ncc[nH]1)c1ccoc1Br. The molecule has 14 heavy (non-hydrogen) atoms. The first-order valence-corrected chi connectivity index (χ1v) is 4.96. The van der Waals surface area contributed by atoms with Crippen LogP contribution in [0, 0.1) is 0 Å². The maximum Gasteiger partial charge on any atom is 0.174 e. The van der Waals surface area contributed by atoms with E-state index in [1.54, 1.807) is 18.5 Å².